The van der Waals surface area contributed by atoms with Crippen molar-refractivity contribution in [2.24, 2.45) is 5.92 Å². The molecule has 19 heavy (non-hydrogen) atoms. The van der Waals surface area contributed by atoms with Crippen LogP contribution < -0.4 is 5.32 Å². The minimum atomic E-state index is 0. The van der Waals surface area contributed by atoms with E-state index < -0.39 is 0 Å². The molecule has 0 aromatic carbocycles. The molecule has 1 amide bonds. The molecule has 5 N–H and O–H groups in total. The summed E-state index contributed by atoms with van der Waals surface area (Å²) in [5, 5.41) is 3.23. The van der Waals surface area contributed by atoms with Gasteiger partial charge in [-0.2, -0.15) is 0 Å². The number of carbonyl (C=O) groups excluding carboxylic acids is 1. The number of nitrogens with one attached hydrogen (secondary N) is 1. The molecule has 0 aromatic heterocycles. The first kappa shape index (κ1) is 23.4. The molecule has 1 rings (SSSR count). The number of methoxy groups -OCH3 is 1. The van der Waals surface area contributed by atoms with Crippen LogP contribution in [0, 0.1) is 5.92 Å². The van der Waals surface area contributed by atoms with Crippen LogP contribution in [0.25, 0.3) is 0 Å². The van der Waals surface area contributed by atoms with Crippen LogP contribution in [0.2, 0.25) is 0 Å². The number of likely N-dealkylation sites (tertiary alicyclic amines) is 1. The Morgan fingerprint density at radius 2 is 1.68 bits per heavy atom. The minimum absolute atomic E-state index is 0. The Morgan fingerprint density at radius 3 is 2.00 bits per heavy atom. The van der Waals surface area contributed by atoms with Crippen molar-refractivity contribution in [1.29, 1.82) is 0 Å². The van der Waals surface area contributed by atoms with Gasteiger partial charge in [0.25, 0.3) is 0 Å². The Kier molecular flexibility index (Phi) is 16.9. The van der Waals surface area contributed by atoms with Gasteiger partial charge in [-0.05, 0) is 25.8 Å². The van der Waals surface area contributed by atoms with Crippen molar-refractivity contribution >= 4 is 5.91 Å². The summed E-state index contributed by atoms with van der Waals surface area (Å²) < 4.78 is 4.80. The molecule has 1 aliphatic rings. The molecule has 1 fully saturated rings. The highest BCUT2D eigenvalue weighted by molar-refractivity contribution is 5.77. The van der Waals surface area contributed by atoms with Gasteiger partial charge in [-0.15, -0.1) is 0 Å². The fourth-order valence-electron chi connectivity index (χ4n) is 1.63. The second kappa shape index (κ2) is 13.7. The molecule has 1 aliphatic heterocycles. The Balaban J connectivity index is -0.000000379. The van der Waals surface area contributed by atoms with Gasteiger partial charge in [0, 0.05) is 26.2 Å². The standard InChI is InChI=1S/C9H18N2O2.C4H10.2H2O/c1-10-8-3-5-11(6-4-8)9(12)7-13-2;1-4(2)3;;/h8,10H,3-7H2,1-2H3;4H,1-3H3;2*1H2. The largest absolute Gasteiger partial charge is 0.412 e. The third kappa shape index (κ3) is 12.1. The summed E-state index contributed by atoms with van der Waals surface area (Å²) in [6.07, 6.45) is 2.10. The van der Waals surface area contributed by atoms with Gasteiger partial charge in [-0.1, -0.05) is 20.8 Å². The summed E-state index contributed by atoms with van der Waals surface area (Å²) in [5.41, 5.74) is 0. The van der Waals surface area contributed by atoms with Gasteiger partial charge in [0.15, 0.2) is 0 Å². The van der Waals surface area contributed by atoms with E-state index in [1.165, 1.54) is 0 Å². The lowest BCUT2D eigenvalue weighted by atomic mass is 10.1. The van der Waals surface area contributed by atoms with Crippen LogP contribution >= 0.6 is 0 Å². The zero-order chi connectivity index (χ0) is 13.3. The van der Waals surface area contributed by atoms with E-state index in [9.17, 15) is 4.79 Å². The molecular weight excluding hydrogens is 248 g/mol. The number of nitrogens with zero attached hydrogens (tertiary/aromatic N) is 1. The average Bonchev–Trinajstić information content (AvgIpc) is 2.29. The lowest BCUT2D eigenvalue weighted by Crippen LogP contribution is -2.45. The summed E-state index contributed by atoms with van der Waals surface area (Å²) in [6.45, 7) is 8.42. The van der Waals surface area contributed by atoms with Gasteiger partial charge in [-0.3, -0.25) is 4.79 Å². The maximum atomic E-state index is 11.4. The van der Waals surface area contributed by atoms with Crippen LogP contribution in [0.5, 0.6) is 0 Å². The molecule has 1 heterocycles. The molecular formula is C13H32N2O4. The van der Waals surface area contributed by atoms with Crippen LogP contribution in [-0.4, -0.2) is 61.7 Å². The van der Waals surface area contributed by atoms with Crippen molar-refractivity contribution in [3.8, 4) is 0 Å². The topological polar surface area (TPSA) is 105 Å². The second-order valence-corrected chi connectivity index (χ2v) is 5.11. The Labute approximate surface area is 117 Å². The van der Waals surface area contributed by atoms with Crippen molar-refractivity contribution in [2.45, 2.75) is 39.7 Å². The maximum absolute atomic E-state index is 11.4. The third-order valence-corrected chi connectivity index (χ3v) is 2.52. The number of rotatable bonds is 3. The van der Waals surface area contributed by atoms with Gasteiger partial charge in [-0.25, -0.2) is 0 Å². The SMILES string of the molecule is CC(C)C.CNC1CCN(C(=O)COC)CC1.O.O. The van der Waals surface area contributed by atoms with Crippen LogP contribution in [0.15, 0.2) is 0 Å². The van der Waals surface area contributed by atoms with Crippen molar-refractivity contribution in [2.75, 3.05) is 33.9 Å². The zero-order valence-electron chi connectivity index (χ0n) is 13.0. The minimum Gasteiger partial charge on any atom is -0.412 e. The number of amides is 1. The Morgan fingerprint density at radius 1 is 1.26 bits per heavy atom. The average molecular weight is 280 g/mol. The highest BCUT2D eigenvalue weighted by Gasteiger charge is 2.20. The first-order valence-electron chi connectivity index (χ1n) is 6.45. The van der Waals surface area contributed by atoms with Gasteiger partial charge in [0.05, 0.1) is 0 Å². The van der Waals surface area contributed by atoms with Crippen molar-refractivity contribution in [1.82, 2.24) is 10.2 Å². The summed E-state index contributed by atoms with van der Waals surface area (Å²) in [4.78, 5) is 13.2. The smallest absolute Gasteiger partial charge is 0.248 e. The van der Waals surface area contributed by atoms with E-state index in [0.717, 1.165) is 31.8 Å². The maximum Gasteiger partial charge on any atom is 0.248 e. The zero-order valence-corrected chi connectivity index (χ0v) is 13.0. The molecule has 1 saturated heterocycles. The number of carbonyl (C=O) groups is 1. The molecule has 6 heteroatoms. The molecule has 0 aromatic rings. The Hall–Kier alpha value is -0.690. The van der Waals surface area contributed by atoms with Crippen molar-refractivity contribution in [3.63, 3.8) is 0 Å². The van der Waals surface area contributed by atoms with Crippen LogP contribution in [0.3, 0.4) is 0 Å². The summed E-state index contributed by atoms with van der Waals surface area (Å²) in [5.74, 6) is 0.942. The van der Waals surface area contributed by atoms with Crippen LogP contribution in [0.4, 0.5) is 0 Å². The van der Waals surface area contributed by atoms with E-state index in [2.05, 4.69) is 26.1 Å². The van der Waals surface area contributed by atoms with Crippen molar-refractivity contribution < 1.29 is 20.5 Å². The van der Waals surface area contributed by atoms with E-state index >= 15 is 0 Å². The molecule has 0 spiro atoms. The molecule has 0 bridgehead atoms. The lowest BCUT2D eigenvalue weighted by Gasteiger charge is -2.31. The van der Waals surface area contributed by atoms with E-state index in [4.69, 9.17) is 4.74 Å². The third-order valence-electron chi connectivity index (χ3n) is 2.52. The highest BCUT2D eigenvalue weighted by Crippen LogP contribution is 2.09. The van der Waals surface area contributed by atoms with E-state index in [1.54, 1.807) is 7.11 Å². The van der Waals surface area contributed by atoms with Crippen LogP contribution in [0.1, 0.15) is 33.6 Å². The number of ether oxygens (including phenoxy) is 1. The van der Waals surface area contributed by atoms with Gasteiger partial charge in [0.1, 0.15) is 6.61 Å². The van der Waals surface area contributed by atoms with Crippen LogP contribution in [-0.2, 0) is 9.53 Å². The van der Waals surface area contributed by atoms with E-state index in [1.807, 2.05) is 11.9 Å². The van der Waals surface area contributed by atoms with Gasteiger partial charge in [0.2, 0.25) is 5.91 Å². The fraction of sp³-hybridized carbons (Fsp3) is 0.923. The molecule has 0 radical (unpaired) electrons. The molecule has 6 nitrogen and oxygen atoms in total. The molecule has 0 saturated carbocycles. The predicted molar refractivity (Wildman–Crippen MR) is 78.3 cm³/mol. The second-order valence-electron chi connectivity index (χ2n) is 5.11. The number of piperidine rings is 1. The van der Waals surface area contributed by atoms with Crippen molar-refractivity contribution in [3.05, 3.63) is 0 Å². The first-order valence-corrected chi connectivity index (χ1v) is 6.45. The molecule has 0 unspecified atom stereocenters. The monoisotopic (exact) mass is 280 g/mol. The number of hydrogen-bond donors (Lipinski definition) is 1. The quantitative estimate of drug-likeness (QED) is 0.777. The highest BCUT2D eigenvalue weighted by atomic mass is 16.5. The predicted octanol–water partition coefficient (Wildman–Crippen LogP) is -0.144. The van der Waals surface area contributed by atoms with E-state index in [0.29, 0.717) is 6.04 Å². The fourth-order valence-corrected chi connectivity index (χ4v) is 1.63. The number of hydrogen-bond acceptors (Lipinski definition) is 3. The summed E-state index contributed by atoms with van der Waals surface area (Å²) >= 11 is 0. The normalized spacial score (nSPS) is 14.9. The summed E-state index contributed by atoms with van der Waals surface area (Å²) in [6, 6.07) is 0.576. The Bertz CT molecular complexity index is 202. The van der Waals surface area contributed by atoms with Gasteiger partial charge < -0.3 is 25.9 Å². The lowest BCUT2D eigenvalue weighted by molar-refractivity contribution is -0.136. The first-order chi connectivity index (χ1) is 8.01. The summed E-state index contributed by atoms with van der Waals surface area (Å²) in [7, 11) is 3.52. The molecule has 118 valence electrons. The molecule has 0 aliphatic carbocycles. The molecule has 0 atom stereocenters. The van der Waals surface area contributed by atoms with E-state index in [-0.39, 0.29) is 23.5 Å². The van der Waals surface area contributed by atoms with Gasteiger partial charge >= 0.3 is 0 Å².